The molecule has 0 saturated heterocycles. The Labute approximate surface area is 102 Å². The fraction of sp³-hybridized carbons (Fsp3) is 0.909. The minimum absolute atomic E-state index is 0.0389. The molecule has 0 bridgehead atoms. The van der Waals surface area contributed by atoms with Gasteiger partial charge in [-0.05, 0) is 37.7 Å². The molecular weight excluding hydrogens is 224 g/mol. The van der Waals surface area contributed by atoms with Gasteiger partial charge in [-0.3, -0.25) is 4.79 Å². The van der Waals surface area contributed by atoms with E-state index in [4.69, 9.17) is 10.5 Å². The van der Waals surface area contributed by atoms with Crippen LogP contribution >= 0.6 is 11.8 Å². The molecule has 0 radical (unpaired) electrons. The van der Waals surface area contributed by atoms with Crippen LogP contribution in [0, 0.1) is 0 Å². The van der Waals surface area contributed by atoms with Gasteiger partial charge in [0.15, 0.2) is 0 Å². The first-order chi connectivity index (χ1) is 7.69. The predicted molar refractivity (Wildman–Crippen MR) is 67.6 cm³/mol. The van der Waals surface area contributed by atoms with Gasteiger partial charge < -0.3 is 15.8 Å². The summed E-state index contributed by atoms with van der Waals surface area (Å²) in [6.45, 7) is 0. The third-order valence-corrected chi connectivity index (χ3v) is 3.70. The van der Waals surface area contributed by atoms with Crippen LogP contribution < -0.4 is 11.1 Å². The Balaban J connectivity index is 2.32. The van der Waals surface area contributed by atoms with E-state index in [1.807, 2.05) is 6.26 Å². The van der Waals surface area contributed by atoms with E-state index in [0.29, 0.717) is 0 Å². The molecule has 0 aromatic heterocycles. The summed E-state index contributed by atoms with van der Waals surface area (Å²) in [7, 11) is 1.70. The number of carbonyl (C=O) groups is 1. The summed E-state index contributed by atoms with van der Waals surface area (Å²) < 4.78 is 5.33. The molecule has 1 aliphatic carbocycles. The van der Waals surface area contributed by atoms with Crippen LogP contribution in [0.5, 0.6) is 0 Å². The van der Waals surface area contributed by atoms with Crippen LogP contribution in [0.15, 0.2) is 0 Å². The summed E-state index contributed by atoms with van der Waals surface area (Å²) in [6, 6.07) is -0.233. The summed E-state index contributed by atoms with van der Waals surface area (Å²) in [6.07, 6.45) is 6.06. The van der Waals surface area contributed by atoms with Crippen molar-refractivity contribution in [3.63, 3.8) is 0 Å². The Morgan fingerprint density at radius 3 is 3.00 bits per heavy atom. The highest BCUT2D eigenvalue weighted by Gasteiger charge is 2.29. The number of hydrogen-bond donors (Lipinski definition) is 2. The fourth-order valence-corrected chi connectivity index (χ4v) is 2.53. The van der Waals surface area contributed by atoms with E-state index < -0.39 is 0 Å². The summed E-state index contributed by atoms with van der Waals surface area (Å²) in [5.74, 6) is 0.885. The van der Waals surface area contributed by atoms with Crippen molar-refractivity contribution in [2.24, 2.45) is 5.73 Å². The second-order valence-electron chi connectivity index (χ2n) is 4.21. The van der Waals surface area contributed by atoms with Gasteiger partial charge in [0.1, 0.15) is 0 Å². The lowest BCUT2D eigenvalue weighted by molar-refractivity contribution is -0.123. The van der Waals surface area contributed by atoms with Gasteiger partial charge in [0, 0.05) is 7.11 Å². The second kappa shape index (κ2) is 7.14. The van der Waals surface area contributed by atoms with E-state index in [2.05, 4.69) is 5.32 Å². The van der Waals surface area contributed by atoms with Gasteiger partial charge in [0.2, 0.25) is 5.91 Å². The molecule has 1 aliphatic rings. The Hall–Kier alpha value is -0.260. The smallest absolute Gasteiger partial charge is 0.237 e. The number of methoxy groups -OCH3 is 1. The lowest BCUT2D eigenvalue weighted by atomic mass is 10.1. The average Bonchev–Trinajstić information content (AvgIpc) is 2.72. The van der Waals surface area contributed by atoms with E-state index in [1.165, 1.54) is 0 Å². The number of ether oxygens (including phenoxy) is 1. The van der Waals surface area contributed by atoms with Gasteiger partial charge in [-0.2, -0.15) is 11.8 Å². The van der Waals surface area contributed by atoms with Crippen molar-refractivity contribution in [2.45, 2.75) is 43.9 Å². The van der Waals surface area contributed by atoms with Gasteiger partial charge in [-0.15, -0.1) is 0 Å². The van der Waals surface area contributed by atoms with Crippen LogP contribution in [-0.4, -0.2) is 43.2 Å². The number of thioether (sulfide) groups is 1. The maximum Gasteiger partial charge on any atom is 0.237 e. The first-order valence-electron chi connectivity index (χ1n) is 5.76. The van der Waals surface area contributed by atoms with Crippen molar-refractivity contribution >= 4 is 17.7 Å². The molecule has 0 spiro atoms. The van der Waals surface area contributed by atoms with Crippen LogP contribution in [0.1, 0.15) is 25.7 Å². The molecule has 0 aromatic carbocycles. The minimum atomic E-state index is -0.384. The Morgan fingerprint density at radius 1 is 1.62 bits per heavy atom. The lowest BCUT2D eigenvalue weighted by Gasteiger charge is -2.21. The fourth-order valence-electron chi connectivity index (χ4n) is 2.04. The molecule has 4 nitrogen and oxygen atoms in total. The Morgan fingerprint density at radius 2 is 2.38 bits per heavy atom. The molecule has 5 heteroatoms. The summed E-state index contributed by atoms with van der Waals surface area (Å²) in [5.41, 5.74) is 5.80. The first-order valence-corrected chi connectivity index (χ1v) is 7.16. The van der Waals surface area contributed by atoms with Gasteiger partial charge in [-0.1, -0.05) is 0 Å². The van der Waals surface area contributed by atoms with E-state index in [1.54, 1.807) is 18.9 Å². The van der Waals surface area contributed by atoms with Crippen LogP contribution in [-0.2, 0) is 9.53 Å². The highest BCUT2D eigenvalue weighted by atomic mass is 32.2. The zero-order valence-corrected chi connectivity index (χ0v) is 10.9. The molecule has 0 aromatic rings. The first kappa shape index (κ1) is 13.8. The third-order valence-electron chi connectivity index (χ3n) is 3.05. The zero-order valence-electron chi connectivity index (χ0n) is 10.1. The van der Waals surface area contributed by atoms with Crippen molar-refractivity contribution in [2.75, 3.05) is 19.1 Å². The second-order valence-corrected chi connectivity index (χ2v) is 5.19. The van der Waals surface area contributed by atoms with Gasteiger partial charge in [0.05, 0.1) is 18.2 Å². The molecule has 0 aliphatic heterocycles. The molecule has 0 heterocycles. The van der Waals surface area contributed by atoms with Crippen LogP contribution in [0.2, 0.25) is 0 Å². The minimum Gasteiger partial charge on any atom is -0.379 e. The number of amides is 1. The average molecular weight is 246 g/mol. The van der Waals surface area contributed by atoms with Crippen molar-refractivity contribution in [3.05, 3.63) is 0 Å². The number of carbonyl (C=O) groups excluding carboxylic acids is 1. The third kappa shape index (κ3) is 3.96. The highest BCUT2D eigenvalue weighted by molar-refractivity contribution is 7.98. The Bertz CT molecular complexity index is 226. The van der Waals surface area contributed by atoms with E-state index in [-0.39, 0.29) is 24.1 Å². The van der Waals surface area contributed by atoms with E-state index in [0.717, 1.165) is 31.4 Å². The standard InChI is InChI=1S/C11H22N2O2S/c1-15-10-5-3-4-9(10)13-11(14)8(12)6-7-16-2/h8-10H,3-7,12H2,1-2H3,(H,13,14)/t8-,9?,10?/m0/s1. The number of nitrogens with one attached hydrogen (secondary N) is 1. The predicted octanol–water partition coefficient (Wildman–Crippen LogP) is 0.751. The zero-order chi connectivity index (χ0) is 12.0. The molecule has 94 valence electrons. The van der Waals surface area contributed by atoms with Crippen LogP contribution in [0.4, 0.5) is 0 Å². The molecule has 16 heavy (non-hydrogen) atoms. The summed E-state index contributed by atoms with van der Waals surface area (Å²) in [4.78, 5) is 11.8. The normalized spacial score (nSPS) is 26.7. The Kier molecular flexibility index (Phi) is 6.16. The van der Waals surface area contributed by atoms with Crippen LogP contribution in [0.25, 0.3) is 0 Å². The molecule has 1 amide bonds. The van der Waals surface area contributed by atoms with Crippen molar-refractivity contribution in [1.82, 2.24) is 5.32 Å². The monoisotopic (exact) mass is 246 g/mol. The molecule has 2 unspecified atom stereocenters. The maximum atomic E-state index is 11.8. The number of nitrogens with two attached hydrogens (primary N) is 1. The quantitative estimate of drug-likeness (QED) is 0.726. The maximum absolute atomic E-state index is 11.8. The van der Waals surface area contributed by atoms with Gasteiger partial charge in [0.25, 0.3) is 0 Å². The summed E-state index contributed by atoms with van der Waals surface area (Å²) in [5, 5.41) is 2.99. The van der Waals surface area contributed by atoms with Crippen molar-refractivity contribution in [3.8, 4) is 0 Å². The molecule has 3 N–H and O–H groups in total. The molecule has 1 fully saturated rings. The molecule has 1 saturated carbocycles. The summed E-state index contributed by atoms with van der Waals surface area (Å²) >= 11 is 1.71. The number of hydrogen-bond acceptors (Lipinski definition) is 4. The van der Waals surface area contributed by atoms with Gasteiger partial charge >= 0.3 is 0 Å². The highest BCUT2D eigenvalue weighted by Crippen LogP contribution is 2.21. The van der Waals surface area contributed by atoms with E-state index in [9.17, 15) is 4.79 Å². The SMILES string of the molecule is COC1CCCC1NC(=O)[C@@H](N)CCSC. The molecule has 1 rings (SSSR count). The molecule has 3 atom stereocenters. The van der Waals surface area contributed by atoms with Crippen LogP contribution in [0.3, 0.4) is 0 Å². The van der Waals surface area contributed by atoms with Crippen molar-refractivity contribution < 1.29 is 9.53 Å². The number of rotatable bonds is 6. The lowest BCUT2D eigenvalue weighted by Crippen LogP contribution is -2.48. The topological polar surface area (TPSA) is 64.3 Å². The van der Waals surface area contributed by atoms with Gasteiger partial charge in [-0.25, -0.2) is 0 Å². The van der Waals surface area contributed by atoms with Crippen molar-refractivity contribution in [1.29, 1.82) is 0 Å². The molecular formula is C11H22N2O2S. The largest absolute Gasteiger partial charge is 0.379 e. The van der Waals surface area contributed by atoms with E-state index >= 15 is 0 Å².